The van der Waals surface area contributed by atoms with Gasteiger partial charge in [-0.3, -0.25) is 15.2 Å². The molecule has 0 spiro atoms. The molecular formula is C7H15N5O. The quantitative estimate of drug-likeness (QED) is 0.196. The van der Waals surface area contributed by atoms with Gasteiger partial charge in [-0.25, -0.2) is 5.84 Å². The Morgan fingerprint density at radius 3 is 2.85 bits per heavy atom. The molecule has 1 aliphatic rings. The van der Waals surface area contributed by atoms with E-state index in [4.69, 9.17) is 5.84 Å². The van der Waals surface area contributed by atoms with Crippen molar-refractivity contribution in [3.05, 3.63) is 0 Å². The van der Waals surface area contributed by atoms with Crippen LogP contribution in [-0.2, 0) is 4.79 Å². The number of hydrogen-bond acceptors (Lipinski definition) is 3. The van der Waals surface area contributed by atoms with E-state index in [1.54, 1.807) is 19.0 Å². The minimum absolute atomic E-state index is 0.104. The van der Waals surface area contributed by atoms with E-state index in [0.717, 1.165) is 0 Å². The molecule has 4 N–H and O–H groups in total. The molecule has 1 unspecified atom stereocenters. The molecule has 0 aromatic rings. The number of nitrogens with zero attached hydrogens (tertiary/aromatic N) is 2. The summed E-state index contributed by atoms with van der Waals surface area (Å²) in [7, 11) is 3.41. The van der Waals surface area contributed by atoms with Gasteiger partial charge in [0.25, 0.3) is 0 Å². The van der Waals surface area contributed by atoms with Gasteiger partial charge in [-0.1, -0.05) is 0 Å². The van der Waals surface area contributed by atoms with E-state index in [-0.39, 0.29) is 11.9 Å². The van der Waals surface area contributed by atoms with Crippen molar-refractivity contribution >= 4 is 11.9 Å². The molecule has 1 fully saturated rings. The number of guanidine groups is 1. The second-order valence-corrected chi connectivity index (χ2v) is 3.04. The Morgan fingerprint density at radius 2 is 2.46 bits per heavy atom. The summed E-state index contributed by atoms with van der Waals surface area (Å²) in [4.78, 5) is 16.7. The summed E-state index contributed by atoms with van der Waals surface area (Å²) in [5, 5.41) is 3.03. The van der Waals surface area contributed by atoms with Gasteiger partial charge in [0.15, 0.2) is 0 Å². The largest absolute Gasteiger partial charge is 0.350 e. The van der Waals surface area contributed by atoms with Crippen LogP contribution in [0.25, 0.3) is 0 Å². The van der Waals surface area contributed by atoms with Gasteiger partial charge in [0, 0.05) is 27.1 Å². The third-order valence-corrected chi connectivity index (χ3v) is 2.04. The van der Waals surface area contributed by atoms with Crippen LogP contribution in [-0.4, -0.2) is 43.4 Å². The SMILES string of the molecule is CN=C(NN)NC1CC(=O)N(C)C1. The fraction of sp³-hybridized carbons (Fsp3) is 0.714. The van der Waals surface area contributed by atoms with Crippen molar-refractivity contribution in [2.45, 2.75) is 12.5 Å². The number of likely N-dealkylation sites (tertiary alicyclic amines) is 1. The highest BCUT2D eigenvalue weighted by Crippen LogP contribution is 2.07. The summed E-state index contributed by atoms with van der Waals surface area (Å²) in [5.74, 6) is 5.84. The molecule has 1 aliphatic heterocycles. The maximum atomic E-state index is 11.1. The lowest BCUT2D eigenvalue weighted by molar-refractivity contribution is -0.126. The highest BCUT2D eigenvalue weighted by Gasteiger charge is 2.26. The minimum Gasteiger partial charge on any atom is -0.350 e. The van der Waals surface area contributed by atoms with Gasteiger partial charge in [-0.15, -0.1) is 0 Å². The van der Waals surface area contributed by atoms with Gasteiger partial charge in [0.05, 0.1) is 6.04 Å². The Kier molecular flexibility index (Phi) is 3.07. The number of rotatable bonds is 1. The van der Waals surface area contributed by atoms with Gasteiger partial charge >= 0.3 is 0 Å². The Bertz CT molecular complexity index is 227. The second kappa shape index (κ2) is 4.08. The standard InChI is InChI=1S/C7H15N5O/c1-9-7(11-8)10-5-3-6(13)12(2)4-5/h5H,3-4,8H2,1-2H3,(H2,9,10,11). The van der Waals surface area contributed by atoms with Crippen molar-refractivity contribution in [1.29, 1.82) is 0 Å². The fourth-order valence-electron chi connectivity index (χ4n) is 1.32. The van der Waals surface area contributed by atoms with Crippen LogP contribution in [0, 0.1) is 0 Å². The molecule has 6 heteroatoms. The first kappa shape index (κ1) is 9.79. The lowest BCUT2D eigenvalue weighted by atomic mass is 10.3. The second-order valence-electron chi connectivity index (χ2n) is 3.04. The molecule has 1 heterocycles. The third kappa shape index (κ3) is 2.32. The number of amides is 1. The van der Waals surface area contributed by atoms with Gasteiger partial charge in [-0.2, -0.15) is 0 Å². The zero-order chi connectivity index (χ0) is 9.84. The third-order valence-electron chi connectivity index (χ3n) is 2.04. The van der Waals surface area contributed by atoms with Crippen molar-refractivity contribution < 1.29 is 4.79 Å². The predicted molar refractivity (Wildman–Crippen MR) is 49.9 cm³/mol. The van der Waals surface area contributed by atoms with E-state index in [1.165, 1.54) is 0 Å². The molecule has 0 aromatic heterocycles. The topological polar surface area (TPSA) is 82.7 Å². The average Bonchev–Trinajstić information content (AvgIpc) is 2.42. The first-order chi connectivity index (χ1) is 6.17. The van der Waals surface area contributed by atoms with Crippen LogP contribution >= 0.6 is 0 Å². The molecule has 1 rings (SSSR count). The summed E-state index contributed by atoms with van der Waals surface area (Å²) in [6.07, 6.45) is 0.497. The first-order valence-electron chi connectivity index (χ1n) is 4.11. The number of carbonyl (C=O) groups excluding carboxylic acids is 1. The van der Waals surface area contributed by atoms with Crippen molar-refractivity contribution in [3.8, 4) is 0 Å². The van der Waals surface area contributed by atoms with Crippen LogP contribution in [0.2, 0.25) is 0 Å². The molecule has 0 radical (unpaired) electrons. The zero-order valence-electron chi connectivity index (χ0n) is 7.87. The van der Waals surface area contributed by atoms with Gasteiger partial charge in [0.2, 0.25) is 11.9 Å². The van der Waals surface area contributed by atoms with Crippen LogP contribution in [0.5, 0.6) is 0 Å². The van der Waals surface area contributed by atoms with Crippen LogP contribution in [0.3, 0.4) is 0 Å². The molecule has 1 saturated heterocycles. The molecule has 0 bridgehead atoms. The van der Waals surface area contributed by atoms with Crippen LogP contribution in [0.4, 0.5) is 0 Å². The van der Waals surface area contributed by atoms with Crippen LogP contribution in [0.1, 0.15) is 6.42 Å². The molecule has 6 nitrogen and oxygen atoms in total. The van der Waals surface area contributed by atoms with Gasteiger partial charge < -0.3 is 10.2 Å². The van der Waals surface area contributed by atoms with E-state index < -0.39 is 0 Å². The monoisotopic (exact) mass is 185 g/mol. The minimum atomic E-state index is 0.104. The summed E-state index contributed by atoms with van der Waals surface area (Å²) in [5.41, 5.74) is 2.42. The van der Waals surface area contributed by atoms with Crippen LogP contribution < -0.4 is 16.6 Å². The number of aliphatic imine (C=N–C) groups is 1. The van der Waals surface area contributed by atoms with Gasteiger partial charge in [-0.05, 0) is 0 Å². The van der Waals surface area contributed by atoms with Crippen molar-refractivity contribution in [2.24, 2.45) is 10.8 Å². The number of hydrogen-bond donors (Lipinski definition) is 3. The van der Waals surface area contributed by atoms with E-state index in [0.29, 0.717) is 18.9 Å². The highest BCUT2D eigenvalue weighted by molar-refractivity contribution is 5.83. The van der Waals surface area contributed by atoms with Gasteiger partial charge in [0.1, 0.15) is 0 Å². The van der Waals surface area contributed by atoms with Crippen molar-refractivity contribution in [3.63, 3.8) is 0 Å². The highest BCUT2D eigenvalue weighted by atomic mass is 16.2. The smallest absolute Gasteiger partial charge is 0.224 e. The number of nitrogens with one attached hydrogen (secondary N) is 2. The maximum absolute atomic E-state index is 11.1. The Morgan fingerprint density at radius 1 is 1.77 bits per heavy atom. The summed E-state index contributed by atoms with van der Waals surface area (Å²) >= 11 is 0. The summed E-state index contributed by atoms with van der Waals surface area (Å²) in [6.45, 7) is 0.694. The number of nitrogens with two attached hydrogens (primary N) is 1. The summed E-state index contributed by atoms with van der Waals surface area (Å²) < 4.78 is 0. The lowest BCUT2D eigenvalue weighted by Crippen LogP contribution is -2.47. The molecule has 1 amide bonds. The maximum Gasteiger partial charge on any atom is 0.224 e. The summed E-state index contributed by atoms with van der Waals surface area (Å²) in [6, 6.07) is 0.104. The zero-order valence-corrected chi connectivity index (χ0v) is 7.87. The number of carbonyl (C=O) groups is 1. The predicted octanol–water partition coefficient (Wildman–Crippen LogP) is -1.74. The van der Waals surface area contributed by atoms with E-state index in [2.05, 4.69) is 15.7 Å². The molecule has 1 atom stereocenters. The van der Waals surface area contributed by atoms with E-state index >= 15 is 0 Å². The number of likely N-dealkylation sites (N-methyl/N-ethyl adjacent to an activating group) is 1. The van der Waals surface area contributed by atoms with Crippen molar-refractivity contribution in [2.75, 3.05) is 20.6 Å². The lowest BCUT2D eigenvalue weighted by Gasteiger charge is -2.14. The fourth-order valence-corrected chi connectivity index (χ4v) is 1.32. The van der Waals surface area contributed by atoms with Crippen molar-refractivity contribution in [1.82, 2.24) is 15.6 Å². The molecular weight excluding hydrogens is 170 g/mol. The molecule has 13 heavy (non-hydrogen) atoms. The van der Waals surface area contributed by atoms with E-state index in [1.807, 2.05) is 0 Å². The van der Waals surface area contributed by atoms with E-state index in [9.17, 15) is 4.79 Å². The molecule has 0 saturated carbocycles. The molecule has 0 aliphatic carbocycles. The molecule has 74 valence electrons. The average molecular weight is 185 g/mol. The van der Waals surface area contributed by atoms with Crippen LogP contribution in [0.15, 0.2) is 4.99 Å². The Labute approximate surface area is 77.1 Å². The first-order valence-corrected chi connectivity index (χ1v) is 4.11. The Balaban J connectivity index is 2.44. The number of hydrazine groups is 1. The normalized spacial score (nSPS) is 23.6. The Hall–Kier alpha value is -1.30. The molecule has 0 aromatic carbocycles.